The molecule has 2 aromatic rings. The van der Waals surface area contributed by atoms with E-state index in [9.17, 15) is 18.0 Å². The Labute approximate surface area is 137 Å². The summed E-state index contributed by atoms with van der Waals surface area (Å²) < 4.78 is 36.9. The molecule has 0 heterocycles. The summed E-state index contributed by atoms with van der Waals surface area (Å²) in [6.45, 7) is 3.89. The van der Waals surface area contributed by atoms with Crippen LogP contribution in [0.4, 0.5) is 18.9 Å². The first-order chi connectivity index (χ1) is 10.8. The molecule has 0 unspecified atom stereocenters. The number of benzene rings is 2. The van der Waals surface area contributed by atoms with Gasteiger partial charge in [-0.2, -0.15) is 13.2 Å². The Morgan fingerprint density at radius 2 is 1.78 bits per heavy atom. The lowest BCUT2D eigenvalue weighted by Gasteiger charge is -2.13. The topological polar surface area (TPSA) is 29.1 Å². The van der Waals surface area contributed by atoms with Crippen molar-refractivity contribution in [1.29, 1.82) is 0 Å². The zero-order valence-electron chi connectivity index (χ0n) is 12.7. The maximum absolute atomic E-state index is 12.3. The van der Waals surface area contributed by atoms with E-state index in [1.54, 1.807) is 0 Å². The summed E-state index contributed by atoms with van der Waals surface area (Å²) in [6, 6.07) is 11.1. The first-order valence-corrected chi connectivity index (χ1v) is 7.87. The number of anilines is 1. The van der Waals surface area contributed by atoms with E-state index in [1.165, 1.54) is 24.3 Å². The van der Waals surface area contributed by atoms with Gasteiger partial charge in [0.15, 0.2) is 0 Å². The Morgan fingerprint density at radius 1 is 1.13 bits per heavy atom. The number of carbonyl (C=O) groups excluding carboxylic acids is 1. The van der Waals surface area contributed by atoms with Gasteiger partial charge in [0.2, 0.25) is 0 Å². The van der Waals surface area contributed by atoms with Crippen molar-refractivity contribution in [2.75, 3.05) is 5.32 Å². The molecule has 122 valence electrons. The fourth-order valence-corrected chi connectivity index (χ4v) is 2.74. The molecule has 0 saturated heterocycles. The fourth-order valence-electron chi connectivity index (χ4n) is 2.20. The monoisotopic (exact) mass is 339 g/mol. The van der Waals surface area contributed by atoms with Gasteiger partial charge in [-0.1, -0.05) is 25.1 Å². The van der Waals surface area contributed by atoms with E-state index in [2.05, 4.69) is 5.32 Å². The van der Waals surface area contributed by atoms with Crippen molar-refractivity contribution in [3.05, 3.63) is 59.2 Å². The number of nitrogens with one attached hydrogen (secondary N) is 1. The molecule has 0 aliphatic rings. The van der Waals surface area contributed by atoms with Crippen molar-refractivity contribution >= 4 is 23.4 Å². The van der Waals surface area contributed by atoms with Gasteiger partial charge in [-0.25, -0.2) is 0 Å². The van der Waals surface area contributed by atoms with E-state index in [0.29, 0.717) is 5.56 Å². The lowest BCUT2D eigenvalue weighted by Crippen LogP contribution is -2.14. The number of halogens is 3. The van der Waals surface area contributed by atoms with Crippen LogP contribution in [0, 0.1) is 6.92 Å². The summed E-state index contributed by atoms with van der Waals surface area (Å²) in [4.78, 5) is 12.3. The second kappa shape index (κ2) is 7.08. The zero-order valence-corrected chi connectivity index (χ0v) is 13.5. The number of carbonyl (C=O) groups is 1. The summed E-state index contributed by atoms with van der Waals surface area (Å²) in [6.07, 6.45) is 0.776. The molecule has 0 aliphatic carbocycles. The molecular weight excluding hydrogens is 323 g/mol. The van der Waals surface area contributed by atoms with Crippen molar-refractivity contribution in [1.82, 2.24) is 0 Å². The average molecular weight is 339 g/mol. The standard InChI is InChI=1S/C17H16F3NOS/c1-3-12-6-4-5-11(2)15(12)21-16(22)13-7-9-14(10-8-13)23-17(18,19)20/h4-10H,3H2,1-2H3,(H,21,22). The Balaban J connectivity index is 2.16. The largest absolute Gasteiger partial charge is 0.446 e. The van der Waals surface area contributed by atoms with Crippen LogP contribution in [-0.2, 0) is 6.42 Å². The number of rotatable bonds is 4. The molecule has 2 aromatic carbocycles. The number of hydrogen-bond donors (Lipinski definition) is 1. The molecule has 0 radical (unpaired) electrons. The molecule has 6 heteroatoms. The molecule has 0 fully saturated rings. The summed E-state index contributed by atoms with van der Waals surface area (Å²) in [5, 5.41) is 2.85. The molecule has 0 atom stereocenters. The van der Waals surface area contributed by atoms with Gasteiger partial charge >= 0.3 is 5.51 Å². The van der Waals surface area contributed by atoms with Gasteiger partial charge in [-0.05, 0) is 60.5 Å². The number of thioether (sulfide) groups is 1. The van der Waals surface area contributed by atoms with Crippen LogP contribution in [0.25, 0.3) is 0 Å². The fraction of sp³-hybridized carbons (Fsp3) is 0.235. The molecule has 1 N–H and O–H groups in total. The predicted octanol–water partition coefficient (Wildman–Crippen LogP) is 5.42. The van der Waals surface area contributed by atoms with Crippen LogP contribution in [0.15, 0.2) is 47.4 Å². The third-order valence-electron chi connectivity index (χ3n) is 3.33. The van der Waals surface area contributed by atoms with Gasteiger partial charge < -0.3 is 5.32 Å². The highest BCUT2D eigenvalue weighted by Gasteiger charge is 2.29. The Hall–Kier alpha value is -1.95. The smallest absolute Gasteiger partial charge is 0.321 e. The highest BCUT2D eigenvalue weighted by Crippen LogP contribution is 2.36. The molecule has 23 heavy (non-hydrogen) atoms. The molecule has 0 saturated carbocycles. The number of aryl methyl sites for hydroxylation is 2. The Bertz CT molecular complexity index is 696. The number of para-hydroxylation sites is 1. The van der Waals surface area contributed by atoms with Crippen molar-refractivity contribution in [2.45, 2.75) is 30.7 Å². The highest BCUT2D eigenvalue weighted by molar-refractivity contribution is 8.00. The van der Waals surface area contributed by atoms with Crippen LogP contribution in [0.1, 0.15) is 28.4 Å². The summed E-state index contributed by atoms with van der Waals surface area (Å²) in [5.41, 5.74) is -1.29. The van der Waals surface area contributed by atoms with Crippen LogP contribution in [0.5, 0.6) is 0 Å². The van der Waals surface area contributed by atoms with E-state index in [1.807, 2.05) is 32.0 Å². The molecule has 1 amide bonds. The Morgan fingerprint density at radius 3 is 2.35 bits per heavy atom. The Kier molecular flexibility index (Phi) is 5.36. The lowest BCUT2D eigenvalue weighted by atomic mass is 10.1. The van der Waals surface area contributed by atoms with Gasteiger partial charge in [-0.15, -0.1) is 0 Å². The predicted molar refractivity (Wildman–Crippen MR) is 86.9 cm³/mol. The first kappa shape index (κ1) is 17.4. The third kappa shape index (κ3) is 4.76. The zero-order chi connectivity index (χ0) is 17.0. The quantitative estimate of drug-likeness (QED) is 0.754. The maximum atomic E-state index is 12.3. The minimum Gasteiger partial charge on any atom is -0.321 e. The van der Waals surface area contributed by atoms with E-state index >= 15 is 0 Å². The van der Waals surface area contributed by atoms with E-state index in [0.717, 1.165) is 23.2 Å². The number of amides is 1. The molecular formula is C17H16F3NOS. The number of alkyl halides is 3. The first-order valence-electron chi connectivity index (χ1n) is 7.06. The van der Waals surface area contributed by atoms with Crippen molar-refractivity contribution in [3.8, 4) is 0 Å². The maximum Gasteiger partial charge on any atom is 0.446 e. The van der Waals surface area contributed by atoms with Gasteiger partial charge in [0.05, 0.1) is 0 Å². The molecule has 2 rings (SSSR count). The van der Waals surface area contributed by atoms with Crippen molar-refractivity contribution < 1.29 is 18.0 Å². The van der Waals surface area contributed by atoms with Crippen LogP contribution >= 0.6 is 11.8 Å². The normalized spacial score (nSPS) is 11.3. The minimum absolute atomic E-state index is 0.0548. The van der Waals surface area contributed by atoms with Gasteiger partial charge in [-0.3, -0.25) is 4.79 Å². The molecule has 2 nitrogen and oxygen atoms in total. The second-order valence-electron chi connectivity index (χ2n) is 4.99. The van der Waals surface area contributed by atoms with E-state index in [-0.39, 0.29) is 22.6 Å². The molecule has 0 aliphatic heterocycles. The highest BCUT2D eigenvalue weighted by atomic mass is 32.2. The second-order valence-corrected chi connectivity index (χ2v) is 6.13. The van der Waals surface area contributed by atoms with E-state index < -0.39 is 5.51 Å². The average Bonchev–Trinajstić information content (AvgIpc) is 2.48. The van der Waals surface area contributed by atoms with Crippen LogP contribution in [0.2, 0.25) is 0 Å². The minimum atomic E-state index is -4.33. The molecule has 0 aromatic heterocycles. The van der Waals surface area contributed by atoms with Crippen LogP contribution in [-0.4, -0.2) is 11.4 Å². The summed E-state index contributed by atoms with van der Waals surface area (Å²) in [5.74, 6) is -0.336. The summed E-state index contributed by atoms with van der Waals surface area (Å²) in [7, 11) is 0. The molecule has 0 spiro atoms. The van der Waals surface area contributed by atoms with Gasteiger partial charge in [0, 0.05) is 16.1 Å². The summed E-state index contributed by atoms with van der Waals surface area (Å²) >= 11 is -0.198. The van der Waals surface area contributed by atoms with Crippen LogP contribution in [0.3, 0.4) is 0 Å². The van der Waals surface area contributed by atoms with Crippen molar-refractivity contribution in [2.24, 2.45) is 0 Å². The van der Waals surface area contributed by atoms with Gasteiger partial charge in [0.25, 0.3) is 5.91 Å². The third-order valence-corrected chi connectivity index (χ3v) is 4.07. The van der Waals surface area contributed by atoms with Crippen molar-refractivity contribution in [3.63, 3.8) is 0 Å². The number of hydrogen-bond acceptors (Lipinski definition) is 2. The van der Waals surface area contributed by atoms with Crippen LogP contribution < -0.4 is 5.32 Å². The molecule has 0 bridgehead atoms. The van der Waals surface area contributed by atoms with E-state index in [4.69, 9.17) is 0 Å². The lowest BCUT2D eigenvalue weighted by molar-refractivity contribution is -0.0328. The SMILES string of the molecule is CCc1cccc(C)c1NC(=O)c1ccc(SC(F)(F)F)cc1. The van der Waals surface area contributed by atoms with Gasteiger partial charge in [0.1, 0.15) is 0 Å².